The maximum absolute atomic E-state index is 5.72. The fourth-order valence-corrected chi connectivity index (χ4v) is 1.78. The summed E-state index contributed by atoms with van der Waals surface area (Å²) >= 11 is 0. The second kappa shape index (κ2) is 8.12. The van der Waals surface area contributed by atoms with E-state index in [1.807, 2.05) is 18.2 Å². The molecular formula is C14H22ClNO3. The van der Waals surface area contributed by atoms with E-state index < -0.39 is 0 Å². The minimum Gasteiger partial charge on any atom is -0.488 e. The van der Waals surface area contributed by atoms with Crippen LogP contribution in [0.15, 0.2) is 18.2 Å². The van der Waals surface area contributed by atoms with Gasteiger partial charge in [0.05, 0.1) is 0 Å². The zero-order chi connectivity index (χ0) is 12.8. The summed E-state index contributed by atoms with van der Waals surface area (Å²) in [5.74, 6) is 2.92. The van der Waals surface area contributed by atoms with Crippen LogP contribution in [0.3, 0.4) is 0 Å². The number of hydrogen-bond acceptors (Lipinski definition) is 4. The highest BCUT2D eigenvalue weighted by molar-refractivity contribution is 5.85. The molecule has 1 aliphatic rings. The Morgan fingerprint density at radius 3 is 2.84 bits per heavy atom. The van der Waals surface area contributed by atoms with Crippen LogP contribution in [0.4, 0.5) is 0 Å². The van der Waals surface area contributed by atoms with Crippen LogP contribution < -0.4 is 19.5 Å². The number of benzene rings is 1. The highest BCUT2D eigenvalue weighted by Crippen LogP contribution is 2.38. The Hall–Kier alpha value is -1.13. The molecule has 0 aromatic heterocycles. The van der Waals surface area contributed by atoms with Gasteiger partial charge < -0.3 is 19.5 Å². The smallest absolute Gasteiger partial charge is 0.203 e. The molecule has 0 spiro atoms. The van der Waals surface area contributed by atoms with Gasteiger partial charge in [-0.1, -0.05) is 19.9 Å². The van der Waals surface area contributed by atoms with Crippen LogP contribution in [0, 0.1) is 5.92 Å². The summed E-state index contributed by atoms with van der Waals surface area (Å²) in [6, 6.07) is 5.73. The van der Waals surface area contributed by atoms with E-state index in [1.54, 1.807) is 0 Å². The molecule has 4 nitrogen and oxygen atoms in total. The van der Waals surface area contributed by atoms with Gasteiger partial charge in [0.2, 0.25) is 5.75 Å². The molecule has 19 heavy (non-hydrogen) atoms. The van der Waals surface area contributed by atoms with Crippen LogP contribution in [-0.2, 0) is 0 Å². The predicted molar refractivity (Wildman–Crippen MR) is 77.9 cm³/mol. The van der Waals surface area contributed by atoms with Crippen molar-refractivity contribution in [2.45, 2.75) is 13.8 Å². The van der Waals surface area contributed by atoms with Gasteiger partial charge in [0.15, 0.2) is 11.5 Å². The fourth-order valence-electron chi connectivity index (χ4n) is 1.78. The molecule has 0 aliphatic carbocycles. The van der Waals surface area contributed by atoms with Gasteiger partial charge in [0.1, 0.15) is 19.8 Å². The predicted octanol–water partition coefficient (Wildman–Crippen LogP) is 2.50. The summed E-state index contributed by atoms with van der Waals surface area (Å²) in [5, 5.41) is 3.34. The van der Waals surface area contributed by atoms with Crippen molar-refractivity contribution in [1.82, 2.24) is 5.32 Å². The minimum atomic E-state index is 0. The first-order valence-electron chi connectivity index (χ1n) is 6.49. The lowest BCUT2D eigenvalue weighted by Crippen LogP contribution is -2.25. The summed E-state index contributed by atoms with van der Waals surface area (Å²) in [4.78, 5) is 0. The van der Waals surface area contributed by atoms with Gasteiger partial charge in [0, 0.05) is 6.54 Å². The molecule has 1 aromatic carbocycles. The Morgan fingerprint density at radius 2 is 2.05 bits per heavy atom. The van der Waals surface area contributed by atoms with E-state index in [1.165, 1.54) is 0 Å². The van der Waals surface area contributed by atoms with Crippen LogP contribution in [0.1, 0.15) is 13.8 Å². The Morgan fingerprint density at radius 1 is 1.26 bits per heavy atom. The summed E-state index contributed by atoms with van der Waals surface area (Å²) in [7, 11) is 0. The average Bonchev–Trinajstić information content (AvgIpc) is 2.38. The standard InChI is InChI=1S/C14H21NO3.ClH/c1-11(2)10-15-6-7-16-12-4-3-5-13-14(12)18-9-8-17-13;/h3-5,11,15H,6-10H2,1-2H3;1H. The number of halogens is 1. The van der Waals surface area contributed by atoms with Gasteiger partial charge in [-0.15, -0.1) is 12.4 Å². The molecule has 0 amide bonds. The van der Waals surface area contributed by atoms with Gasteiger partial charge in [0.25, 0.3) is 0 Å². The molecule has 0 saturated heterocycles. The number of fused-ring (bicyclic) bond motifs is 1. The Labute approximate surface area is 120 Å². The number of para-hydroxylation sites is 1. The van der Waals surface area contributed by atoms with E-state index in [0.29, 0.717) is 25.7 Å². The lowest BCUT2D eigenvalue weighted by molar-refractivity contribution is 0.162. The van der Waals surface area contributed by atoms with Crippen molar-refractivity contribution >= 4 is 12.4 Å². The van der Waals surface area contributed by atoms with Crippen LogP contribution in [-0.4, -0.2) is 32.9 Å². The molecule has 1 aromatic rings. The SMILES string of the molecule is CC(C)CNCCOc1cccc2c1OCCO2.Cl. The minimum absolute atomic E-state index is 0. The Bertz CT molecular complexity index is 385. The summed E-state index contributed by atoms with van der Waals surface area (Å²) < 4.78 is 16.8. The Balaban J connectivity index is 0.00000180. The number of rotatable bonds is 6. The largest absolute Gasteiger partial charge is 0.488 e. The highest BCUT2D eigenvalue weighted by atomic mass is 35.5. The summed E-state index contributed by atoms with van der Waals surface area (Å²) in [6.45, 7) is 8.04. The highest BCUT2D eigenvalue weighted by Gasteiger charge is 2.16. The second-order valence-corrected chi connectivity index (χ2v) is 4.73. The second-order valence-electron chi connectivity index (χ2n) is 4.73. The first-order valence-corrected chi connectivity index (χ1v) is 6.49. The van der Waals surface area contributed by atoms with Crippen molar-refractivity contribution in [3.05, 3.63) is 18.2 Å². The summed E-state index contributed by atoms with van der Waals surface area (Å²) in [5.41, 5.74) is 0. The third-order valence-corrected chi connectivity index (χ3v) is 2.62. The number of nitrogens with one attached hydrogen (secondary N) is 1. The molecule has 1 N–H and O–H groups in total. The first-order chi connectivity index (χ1) is 8.77. The number of hydrogen-bond donors (Lipinski definition) is 1. The molecule has 5 heteroatoms. The molecule has 0 unspecified atom stereocenters. The zero-order valence-corrected chi connectivity index (χ0v) is 12.3. The number of ether oxygens (including phenoxy) is 3. The fraction of sp³-hybridized carbons (Fsp3) is 0.571. The molecule has 0 radical (unpaired) electrons. The van der Waals surface area contributed by atoms with Gasteiger partial charge in [-0.25, -0.2) is 0 Å². The Kier molecular flexibility index (Phi) is 6.81. The molecule has 1 heterocycles. The third kappa shape index (κ3) is 4.80. The van der Waals surface area contributed by atoms with Crippen LogP contribution in [0.5, 0.6) is 17.2 Å². The zero-order valence-electron chi connectivity index (χ0n) is 11.5. The molecular weight excluding hydrogens is 266 g/mol. The molecule has 0 fully saturated rings. The van der Waals surface area contributed by atoms with E-state index in [-0.39, 0.29) is 12.4 Å². The van der Waals surface area contributed by atoms with E-state index in [4.69, 9.17) is 14.2 Å². The van der Waals surface area contributed by atoms with Crippen LogP contribution >= 0.6 is 12.4 Å². The third-order valence-electron chi connectivity index (χ3n) is 2.62. The van der Waals surface area contributed by atoms with Crippen molar-refractivity contribution in [2.75, 3.05) is 32.9 Å². The quantitative estimate of drug-likeness (QED) is 0.816. The molecule has 0 saturated carbocycles. The van der Waals surface area contributed by atoms with Crippen LogP contribution in [0.2, 0.25) is 0 Å². The maximum atomic E-state index is 5.72. The average molecular weight is 288 g/mol. The van der Waals surface area contributed by atoms with E-state index in [9.17, 15) is 0 Å². The monoisotopic (exact) mass is 287 g/mol. The van der Waals surface area contributed by atoms with Gasteiger partial charge >= 0.3 is 0 Å². The van der Waals surface area contributed by atoms with Crippen LogP contribution in [0.25, 0.3) is 0 Å². The van der Waals surface area contributed by atoms with Crippen molar-refractivity contribution in [1.29, 1.82) is 0 Å². The lowest BCUT2D eigenvalue weighted by Gasteiger charge is -2.20. The van der Waals surface area contributed by atoms with Gasteiger partial charge in [-0.3, -0.25) is 0 Å². The van der Waals surface area contributed by atoms with Gasteiger partial charge in [-0.2, -0.15) is 0 Å². The molecule has 108 valence electrons. The first kappa shape index (κ1) is 15.9. The molecule has 0 bridgehead atoms. The van der Waals surface area contributed by atoms with Crippen molar-refractivity contribution in [2.24, 2.45) is 5.92 Å². The normalized spacial score (nSPS) is 13.0. The molecule has 2 rings (SSSR count). The van der Waals surface area contributed by atoms with E-state index >= 15 is 0 Å². The van der Waals surface area contributed by atoms with Gasteiger partial charge in [-0.05, 0) is 24.6 Å². The maximum Gasteiger partial charge on any atom is 0.203 e. The van der Waals surface area contributed by atoms with E-state index in [2.05, 4.69) is 19.2 Å². The molecule has 0 atom stereocenters. The molecule has 1 aliphatic heterocycles. The topological polar surface area (TPSA) is 39.7 Å². The summed E-state index contributed by atoms with van der Waals surface area (Å²) in [6.07, 6.45) is 0. The van der Waals surface area contributed by atoms with Crippen molar-refractivity contribution in [3.8, 4) is 17.2 Å². The van der Waals surface area contributed by atoms with Crippen molar-refractivity contribution in [3.63, 3.8) is 0 Å². The van der Waals surface area contributed by atoms with E-state index in [0.717, 1.165) is 30.3 Å². The van der Waals surface area contributed by atoms with Crippen molar-refractivity contribution < 1.29 is 14.2 Å². The lowest BCUT2D eigenvalue weighted by atomic mass is 10.2.